The summed E-state index contributed by atoms with van der Waals surface area (Å²) in [5.74, 6) is -0.999. The number of benzene rings is 2. The lowest BCUT2D eigenvalue weighted by Gasteiger charge is -2.04. The number of nitrogens with zero attached hydrogens (tertiary/aromatic N) is 1. The van der Waals surface area contributed by atoms with Crippen LogP contribution in [0.5, 0.6) is 5.75 Å². The molecular weight excluding hydrogens is 313 g/mol. The van der Waals surface area contributed by atoms with Gasteiger partial charge in [-0.25, -0.2) is 9.82 Å². The van der Waals surface area contributed by atoms with Crippen LogP contribution < -0.4 is 10.7 Å². The summed E-state index contributed by atoms with van der Waals surface area (Å²) in [5, 5.41) is 15.5. The van der Waals surface area contributed by atoms with Crippen molar-refractivity contribution in [1.29, 1.82) is 0 Å². The van der Waals surface area contributed by atoms with Crippen LogP contribution in [0.3, 0.4) is 0 Å². The molecule has 2 rings (SSSR count). The van der Waals surface area contributed by atoms with Crippen molar-refractivity contribution in [3.63, 3.8) is 0 Å². The lowest BCUT2D eigenvalue weighted by Crippen LogP contribution is -2.20. The van der Waals surface area contributed by atoms with E-state index >= 15 is 0 Å². The third kappa shape index (κ3) is 5.88. The van der Waals surface area contributed by atoms with E-state index in [0.717, 1.165) is 0 Å². The predicted molar refractivity (Wildman–Crippen MR) is 88.1 cm³/mol. The third-order valence-electron chi connectivity index (χ3n) is 3.00. The van der Waals surface area contributed by atoms with Crippen molar-refractivity contribution in [1.82, 2.24) is 5.43 Å². The number of phenols is 1. The molecular formula is C17H16FN3O3. The number of amides is 2. The third-order valence-corrected chi connectivity index (χ3v) is 3.00. The number of aromatic hydroxyl groups is 1. The molecule has 0 spiro atoms. The predicted octanol–water partition coefficient (Wildman–Crippen LogP) is 2.40. The van der Waals surface area contributed by atoms with Gasteiger partial charge in [0.15, 0.2) is 0 Å². The highest BCUT2D eigenvalue weighted by Crippen LogP contribution is 2.09. The standard InChI is InChI=1S/C17H16FN3O3/c18-13-3-5-14(6-4-13)20-16(23)9-10-17(24)21-19-11-12-1-7-15(22)8-2-12/h1-8,11,22H,9-10H2,(H,20,23)(H,21,24)/b19-11-. The molecule has 0 unspecified atom stereocenters. The Bertz CT molecular complexity index is 728. The summed E-state index contributed by atoms with van der Waals surface area (Å²) < 4.78 is 12.7. The molecule has 7 heteroatoms. The molecule has 0 aliphatic heterocycles. The van der Waals surface area contributed by atoms with Gasteiger partial charge in [0.1, 0.15) is 11.6 Å². The van der Waals surface area contributed by atoms with Crippen molar-refractivity contribution in [3.05, 3.63) is 59.9 Å². The number of hydrazone groups is 1. The van der Waals surface area contributed by atoms with E-state index in [-0.39, 0.29) is 30.3 Å². The van der Waals surface area contributed by atoms with Crippen molar-refractivity contribution < 1.29 is 19.1 Å². The Labute approximate surface area is 138 Å². The van der Waals surface area contributed by atoms with Gasteiger partial charge >= 0.3 is 0 Å². The zero-order chi connectivity index (χ0) is 17.4. The van der Waals surface area contributed by atoms with Crippen LogP contribution in [0, 0.1) is 5.82 Å². The summed E-state index contributed by atoms with van der Waals surface area (Å²) in [6.07, 6.45) is 1.38. The van der Waals surface area contributed by atoms with E-state index in [1.54, 1.807) is 12.1 Å². The largest absolute Gasteiger partial charge is 0.508 e. The van der Waals surface area contributed by atoms with Crippen molar-refractivity contribution in [2.75, 3.05) is 5.32 Å². The van der Waals surface area contributed by atoms with Crippen LogP contribution in [0.1, 0.15) is 18.4 Å². The molecule has 2 aromatic carbocycles. The summed E-state index contributed by atoms with van der Waals surface area (Å²) in [5.41, 5.74) is 3.49. The van der Waals surface area contributed by atoms with E-state index in [0.29, 0.717) is 11.3 Å². The van der Waals surface area contributed by atoms with Crippen molar-refractivity contribution in [2.24, 2.45) is 5.10 Å². The molecule has 0 bridgehead atoms. The zero-order valence-electron chi connectivity index (χ0n) is 12.7. The highest BCUT2D eigenvalue weighted by atomic mass is 19.1. The lowest BCUT2D eigenvalue weighted by molar-refractivity contribution is -0.124. The second-order valence-corrected chi connectivity index (χ2v) is 4.94. The maximum atomic E-state index is 12.7. The van der Waals surface area contributed by atoms with Gasteiger partial charge in [0.05, 0.1) is 6.21 Å². The van der Waals surface area contributed by atoms with E-state index < -0.39 is 5.91 Å². The molecule has 0 heterocycles. The average molecular weight is 329 g/mol. The van der Waals surface area contributed by atoms with E-state index in [4.69, 9.17) is 5.11 Å². The first kappa shape index (κ1) is 17.1. The minimum Gasteiger partial charge on any atom is -0.508 e. The van der Waals surface area contributed by atoms with Gasteiger partial charge < -0.3 is 10.4 Å². The van der Waals surface area contributed by atoms with Crippen LogP contribution in [-0.2, 0) is 9.59 Å². The highest BCUT2D eigenvalue weighted by molar-refractivity contribution is 5.93. The molecule has 2 amide bonds. The van der Waals surface area contributed by atoms with Gasteiger partial charge in [0, 0.05) is 18.5 Å². The van der Waals surface area contributed by atoms with E-state index in [1.165, 1.54) is 42.6 Å². The van der Waals surface area contributed by atoms with Crippen LogP contribution >= 0.6 is 0 Å². The fourth-order valence-electron chi connectivity index (χ4n) is 1.78. The van der Waals surface area contributed by atoms with Crippen LogP contribution in [0.25, 0.3) is 0 Å². The minimum absolute atomic E-state index is 0.0159. The van der Waals surface area contributed by atoms with Crippen molar-refractivity contribution >= 4 is 23.7 Å². The number of hydrogen-bond acceptors (Lipinski definition) is 4. The van der Waals surface area contributed by atoms with E-state index in [2.05, 4.69) is 15.8 Å². The molecule has 0 saturated heterocycles. The Morgan fingerprint density at radius 2 is 1.62 bits per heavy atom. The number of hydrogen-bond donors (Lipinski definition) is 3. The smallest absolute Gasteiger partial charge is 0.240 e. The summed E-state index contributed by atoms with van der Waals surface area (Å²) in [6, 6.07) is 11.6. The van der Waals surface area contributed by atoms with Crippen molar-refractivity contribution in [2.45, 2.75) is 12.8 Å². The Morgan fingerprint density at radius 3 is 2.29 bits per heavy atom. The zero-order valence-corrected chi connectivity index (χ0v) is 12.7. The fraction of sp³-hybridized carbons (Fsp3) is 0.118. The van der Waals surface area contributed by atoms with Gasteiger partial charge in [-0.05, 0) is 54.1 Å². The number of halogens is 1. The molecule has 124 valence electrons. The highest BCUT2D eigenvalue weighted by Gasteiger charge is 2.06. The van der Waals surface area contributed by atoms with Gasteiger partial charge in [-0.15, -0.1) is 0 Å². The number of carbonyl (C=O) groups excluding carboxylic acids is 2. The van der Waals surface area contributed by atoms with Gasteiger partial charge in [-0.2, -0.15) is 5.10 Å². The molecule has 0 atom stereocenters. The van der Waals surface area contributed by atoms with Gasteiger partial charge in [-0.1, -0.05) is 0 Å². The summed E-state index contributed by atoms with van der Waals surface area (Å²) in [4.78, 5) is 23.3. The summed E-state index contributed by atoms with van der Waals surface area (Å²) in [7, 11) is 0. The molecule has 0 fully saturated rings. The Kier molecular flexibility index (Phi) is 6.01. The van der Waals surface area contributed by atoms with Crippen LogP contribution in [0.15, 0.2) is 53.6 Å². The number of anilines is 1. The monoisotopic (exact) mass is 329 g/mol. The molecule has 0 aliphatic carbocycles. The number of phenolic OH excluding ortho intramolecular Hbond substituents is 1. The van der Waals surface area contributed by atoms with Crippen LogP contribution in [-0.4, -0.2) is 23.1 Å². The van der Waals surface area contributed by atoms with Gasteiger partial charge in [-0.3, -0.25) is 9.59 Å². The number of carbonyl (C=O) groups is 2. The molecule has 0 saturated carbocycles. The number of rotatable bonds is 6. The topological polar surface area (TPSA) is 90.8 Å². The van der Waals surface area contributed by atoms with Gasteiger partial charge in [0.25, 0.3) is 0 Å². The molecule has 0 aromatic heterocycles. The van der Waals surface area contributed by atoms with E-state index in [9.17, 15) is 14.0 Å². The summed E-state index contributed by atoms with van der Waals surface area (Å²) >= 11 is 0. The summed E-state index contributed by atoms with van der Waals surface area (Å²) in [6.45, 7) is 0. The molecule has 6 nitrogen and oxygen atoms in total. The van der Waals surface area contributed by atoms with Gasteiger partial charge in [0.2, 0.25) is 11.8 Å². The molecule has 2 aromatic rings. The second kappa shape index (κ2) is 8.42. The quantitative estimate of drug-likeness (QED) is 0.561. The molecule has 0 aliphatic rings. The minimum atomic E-state index is -0.403. The first-order valence-corrected chi connectivity index (χ1v) is 7.19. The molecule has 3 N–H and O–H groups in total. The Morgan fingerprint density at radius 1 is 1.00 bits per heavy atom. The number of nitrogens with one attached hydrogen (secondary N) is 2. The fourth-order valence-corrected chi connectivity index (χ4v) is 1.78. The Hall–Kier alpha value is -3.22. The first-order valence-electron chi connectivity index (χ1n) is 7.19. The first-order chi connectivity index (χ1) is 11.5. The molecule has 24 heavy (non-hydrogen) atoms. The maximum Gasteiger partial charge on any atom is 0.240 e. The SMILES string of the molecule is O=C(CCC(=O)Nc1ccc(F)cc1)N/N=C\c1ccc(O)cc1. The average Bonchev–Trinajstić information content (AvgIpc) is 2.57. The second-order valence-electron chi connectivity index (χ2n) is 4.94. The van der Waals surface area contributed by atoms with Crippen molar-refractivity contribution in [3.8, 4) is 5.75 Å². The molecule has 0 radical (unpaired) electrons. The van der Waals surface area contributed by atoms with E-state index in [1.807, 2.05) is 0 Å². The maximum absolute atomic E-state index is 12.7. The Balaban J connectivity index is 1.71. The van der Waals surface area contributed by atoms with Crippen LogP contribution in [0.4, 0.5) is 10.1 Å². The normalized spacial score (nSPS) is 10.5. The van der Waals surface area contributed by atoms with Crippen LogP contribution in [0.2, 0.25) is 0 Å². The lowest BCUT2D eigenvalue weighted by atomic mass is 10.2.